The number of carboxylic acids is 1. The minimum atomic E-state index is -1.12. The molecule has 0 saturated heterocycles. The summed E-state index contributed by atoms with van der Waals surface area (Å²) < 4.78 is 5.16. The third-order valence-corrected chi connectivity index (χ3v) is 4.06. The van der Waals surface area contributed by atoms with E-state index in [4.69, 9.17) is 27.9 Å². The number of nitrogens with zero attached hydrogens (tertiary/aromatic N) is 1. The van der Waals surface area contributed by atoms with Crippen molar-refractivity contribution in [2.24, 2.45) is 0 Å². The van der Waals surface area contributed by atoms with Crippen molar-refractivity contribution in [3.63, 3.8) is 0 Å². The van der Waals surface area contributed by atoms with Crippen LogP contribution in [0.1, 0.15) is 31.9 Å². The van der Waals surface area contributed by atoms with Crippen LogP contribution < -0.4 is 5.32 Å². The monoisotopic (exact) mass is 418 g/mol. The predicted molar refractivity (Wildman–Crippen MR) is 108 cm³/mol. The molecule has 1 aromatic carbocycles. The molecule has 152 valence electrons. The third-order valence-electron chi connectivity index (χ3n) is 3.73. The maximum atomic E-state index is 12.0. The zero-order valence-corrected chi connectivity index (χ0v) is 17.5. The number of ether oxygens (including phenoxy) is 1. The van der Waals surface area contributed by atoms with E-state index in [0.29, 0.717) is 31.4 Å². The lowest BCUT2D eigenvalue weighted by Gasteiger charge is -2.24. The van der Waals surface area contributed by atoms with Gasteiger partial charge in [0.15, 0.2) is 0 Å². The van der Waals surface area contributed by atoms with Crippen LogP contribution in [0.25, 0.3) is 0 Å². The number of carbonyl (C=O) groups excluding carboxylic acids is 1. The van der Waals surface area contributed by atoms with Crippen LogP contribution in [0, 0.1) is 0 Å². The first-order valence-corrected chi connectivity index (χ1v) is 9.86. The Balaban J connectivity index is 2.90. The number of rotatable bonds is 10. The van der Waals surface area contributed by atoms with Gasteiger partial charge in [0.25, 0.3) is 0 Å². The largest absolute Gasteiger partial charge is 0.480 e. The normalized spacial score (nSPS) is 12.7. The van der Waals surface area contributed by atoms with Crippen LogP contribution in [-0.2, 0) is 22.5 Å². The van der Waals surface area contributed by atoms with Crippen LogP contribution >= 0.6 is 23.2 Å². The summed E-state index contributed by atoms with van der Waals surface area (Å²) in [5, 5.41) is 11.9. The van der Waals surface area contributed by atoms with Crippen LogP contribution in [-0.4, -0.2) is 58.6 Å². The molecule has 0 fully saturated rings. The standard InChI is InChI=1S/C19H28Cl2N2O4/c1-19(2,3)27-18(26)22-16(17(24)25)12-14-6-4-5-7-15(14)13-23(10-8-20)11-9-21/h4-7,16H,8-13H2,1-3H3,(H,22,26)(H,24,25). The zero-order chi connectivity index (χ0) is 20.4. The lowest BCUT2D eigenvalue weighted by Crippen LogP contribution is -2.44. The fourth-order valence-corrected chi connectivity index (χ4v) is 3.01. The van der Waals surface area contributed by atoms with E-state index >= 15 is 0 Å². The summed E-state index contributed by atoms with van der Waals surface area (Å²) >= 11 is 11.7. The number of hydrogen-bond donors (Lipinski definition) is 2. The van der Waals surface area contributed by atoms with E-state index in [-0.39, 0.29) is 6.42 Å². The fourth-order valence-electron chi connectivity index (χ4n) is 2.53. The first-order valence-electron chi connectivity index (χ1n) is 8.79. The molecular weight excluding hydrogens is 391 g/mol. The van der Waals surface area contributed by atoms with Gasteiger partial charge in [-0.25, -0.2) is 9.59 Å². The summed E-state index contributed by atoms with van der Waals surface area (Å²) in [5.41, 5.74) is 1.12. The minimum absolute atomic E-state index is 0.153. The maximum absolute atomic E-state index is 12.0. The number of benzene rings is 1. The number of hydrogen-bond acceptors (Lipinski definition) is 4. The van der Waals surface area contributed by atoms with Crippen molar-refractivity contribution in [1.29, 1.82) is 0 Å². The van der Waals surface area contributed by atoms with Gasteiger partial charge in [-0.05, 0) is 31.9 Å². The van der Waals surface area contributed by atoms with E-state index in [9.17, 15) is 14.7 Å². The van der Waals surface area contributed by atoms with Crippen molar-refractivity contribution in [2.75, 3.05) is 24.8 Å². The van der Waals surface area contributed by atoms with Crippen molar-refractivity contribution < 1.29 is 19.4 Å². The Kier molecular flexibility index (Phi) is 9.91. The highest BCUT2D eigenvalue weighted by atomic mass is 35.5. The van der Waals surface area contributed by atoms with Crippen LogP contribution in [0.5, 0.6) is 0 Å². The summed E-state index contributed by atoms with van der Waals surface area (Å²) in [6.07, 6.45) is -0.598. The average Bonchev–Trinajstić information content (AvgIpc) is 2.54. The second kappa shape index (κ2) is 11.4. The van der Waals surface area contributed by atoms with Crippen LogP contribution in [0.2, 0.25) is 0 Å². The highest BCUT2D eigenvalue weighted by Gasteiger charge is 2.25. The van der Waals surface area contributed by atoms with Gasteiger partial charge < -0.3 is 15.2 Å². The Morgan fingerprint density at radius 3 is 2.19 bits per heavy atom. The lowest BCUT2D eigenvalue weighted by molar-refractivity contribution is -0.139. The molecule has 0 saturated carbocycles. The summed E-state index contributed by atoms with van der Waals surface area (Å²) in [5.74, 6) is -0.150. The molecule has 2 N–H and O–H groups in total. The van der Waals surface area contributed by atoms with E-state index in [2.05, 4.69) is 10.2 Å². The highest BCUT2D eigenvalue weighted by molar-refractivity contribution is 6.18. The molecule has 0 bridgehead atoms. The molecule has 1 atom stereocenters. The molecule has 0 aliphatic heterocycles. The van der Waals surface area contributed by atoms with Crippen molar-refractivity contribution in [2.45, 2.75) is 45.4 Å². The smallest absolute Gasteiger partial charge is 0.408 e. The zero-order valence-electron chi connectivity index (χ0n) is 16.0. The third kappa shape index (κ3) is 9.31. The molecule has 1 unspecified atom stereocenters. The van der Waals surface area contributed by atoms with Gasteiger partial charge in [0, 0.05) is 37.8 Å². The quantitative estimate of drug-likeness (QED) is 0.568. The van der Waals surface area contributed by atoms with Crippen LogP contribution in [0.15, 0.2) is 24.3 Å². The summed E-state index contributed by atoms with van der Waals surface area (Å²) in [6, 6.07) is 6.46. The highest BCUT2D eigenvalue weighted by Crippen LogP contribution is 2.15. The molecule has 1 amide bonds. The van der Waals surface area contributed by atoms with Gasteiger partial charge in [0.05, 0.1) is 0 Å². The van der Waals surface area contributed by atoms with Crippen molar-refractivity contribution in [1.82, 2.24) is 10.2 Å². The summed E-state index contributed by atoms with van der Waals surface area (Å²) in [6.45, 7) is 7.14. The molecule has 1 aromatic rings. The van der Waals surface area contributed by atoms with E-state index in [1.54, 1.807) is 20.8 Å². The average molecular weight is 419 g/mol. The molecule has 8 heteroatoms. The molecule has 0 aromatic heterocycles. The molecule has 6 nitrogen and oxygen atoms in total. The lowest BCUT2D eigenvalue weighted by atomic mass is 9.99. The number of carboxylic acid groups (broad SMARTS) is 1. The van der Waals surface area contributed by atoms with Gasteiger partial charge in [-0.1, -0.05) is 24.3 Å². The Morgan fingerprint density at radius 2 is 1.70 bits per heavy atom. The minimum Gasteiger partial charge on any atom is -0.480 e. The SMILES string of the molecule is CC(C)(C)OC(=O)NC(Cc1ccccc1CN(CCCl)CCCl)C(=O)O. The number of alkyl halides is 2. The number of halogens is 2. The number of alkyl carbamates (subject to hydrolysis) is 1. The van der Waals surface area contributed by atoms with Gasteiger partial charge in [0.1, 0.15) is 11.6 Å². The van der Waals surface area contributed by atoms with Crippen LogP contribution in [0.4, 0.5) is 4.79 Å². The Labute approximate surface area is 170 Å². The maximum Gasteiger partial charge on any atom is 0.408 e. The molecule has 1 rings (SSSR count). The van der Waals surface area contributed by atoms with E-state index in [0.717, 1.165) is 11.1 Å². The predicted octanol–water partition coefficient (Wildman–Crippen LogP) is 3.49. The van der Waals surface area contributed by atoms with Crippen molar-refractivity contribution >= 4 is 35.3 Å². The molecule has 27 heavy (non-hydrogen) atoms. The first kappa shape index (κ1) is 23.5. The molecule has 0 aliphatic rings. The number of aliphatic carboxylic acids is 1. The number of nitrogens with one attached hydrogen (secondary N) is 1. The van der Waals surface area contributed by atoms with Gasteiger partial charge in [0.2, 0.25) is 0 Å². The number of amides is 1. The van der Waals surface area contributed by atoms with Crippen LogP contribution in [0.3, 0.4) is 0 Å². The molecular formula is C19H28Cl2N2O4. The van der Waals surface area contributed by atoms with Gasteiger partial charge >= 0.3 is 12.1 Å². The second-order valence-corrected chi connectivity index (χ2v) is 7.92. The van der Waals surface area contributed by atoms with E-state index in [1.165, 1.54) is 0 Å². The first-order chi connectivity index (χ1) is 12.7. The Hall–Kier alpha value is -1.50. The van der Waals surface area contributed by atoms with E-state index in [1.807, 2.05) is 24.3 Å². The fraction of sp³-hybridized carbons (Fsp3) is 0.579. The molecule has 0 heterocycles. The Bertz CT molecular complexity index is 614. The van der Waals surface area contributed by atoms with Crippen molar-refractivity contribution in [3.05, 3.63) is 35.4 Å². The van der Waals surface area contributed by atoms with Gasteiger partial charge in [-0.15, -0.1) is 23.2 Å². The van der Waals surface area contributed by atoms with E-state index < -0.39 is 23.7 Å². The van der Waals surface area contributed by atoms with Gasteiger partial charge in [-0.2, -0.15) is 0 Å². The Morgan fingerprint density at radius 1 is 1.15 bits per heavy atom. The second-order valence-electron chi connectivity index (χ2n) is 7.16. The molecule has 0 radical (unpaired) electrons. The number of carbonyl (C=O) groups is 2. The summed E-state index contributed by atoms with van der Waals surface area (Å²) in [7, 11) is 0. The summed E-state index contributed by atoms with van der Waals surface area (Å²) in [4.78, 5) is 25.7. The topological polar surface area (TPSA) is 78.9 Å². The molecule has 0 aliphatic carbocycles. The molecule has 0 spiro atoms. The van der Waals surface area contributed by atoms with Crippen molar-refractivity contribution in [3.8, 4) is 0 Å². The van der Waals surface area contributed by atoms with Gasteiger partial charge in [-0.3, -0.25) is 4.90 Å².